The van der Waals surface area contributed by atoms with Gasteiger partial charge in [-0.1, -0.05) is 11.6 Å². The summed E-state index contributed by atoms with van der Waals surface area (Å²) in [7, 11) is 1.39. The molecule has 5 nitrogen and oxygen atoms in total. The predicted molar refractivity (Wildman–Crippen MR) is 90.1 cm³/mol. The molecule has 0 unspecified atom stereocenters. The topological polar surface area (TPSA) is 64.1 Å². The van der Waals surface area contributed by atoms with Gasteiger partial charge >= 0.3 is 5.97 Å². The van der Waals surface area contributed by atoms with Crippen molar-refractivity contribution in [2.75, 3.05) is 20.2 Å². The van der Waals surface area contributed by atoms with Crippen molar-refractivity contribution in [3.05, 3.63) is 41.3 Å². The highest BCUT2D eigenvalue weighted by molar-refractivity contribution is 6.30. The third kappa shape index (κ3) is 3.68. The summed E-state index contributed by atoms with van der Waals surface area (Å²) < 4.78 is 4.81. The number of rotatable bonds is 3. The molecule has 2 aromatic rings. The largest absolute Gasteiger partial charge is 0.466 e. The molecule has 0 aliphatic carbocycles. The van der Waals surface area contributed by atoms with E-state index < -0.39 is 0 Å². The number of pyridine rings is 2. The number of methoxy groups -OCH3 is 1. The van der Waals surface area contributed by atoms with Gasteiger partial charge in [0.2, 0.25) is 0 Å². The van der Waals surface area contributed by atoms with Gasteiger partial charge in [0.15, 0.2) is 0 Å². The van der Waals surface area contributed by atoms with E-state index in [1.165, 1.54) is 7.11 Å². The molecule has 0 aromatic carbocycles. The molecule has 1 fully saturated rings. The van der Waals surface area contributed by atoms with Crippen LogP contribution in [-0.2, 0) is 9.53 Å². The van der Waals surface area contributed by atoms with Crippen LogP contribution in [0, 0.1) is 5.92 Å². The lowest BCUT2D eigenvalue weighted by Crippen LogP contribution is -2.28. The lowest BCUT2D eigenvalue weighted by Gasteiger charge is -2.25. The predicted octanol–water partition coefficient (Wildman–Crippen LogP) is 2.84. The molecule has 1 aliphatic heterocycles. The number of nitrogens with one attached hydrogen (secondary N) is 1. The van der Waals surface area contributed by atoms with Gasteiger partial charge < -0.3 is 10.1 Å². The fourth-order valence-corrected chi connectivity index (χ4v) is 3.02. The molecule has 3 rings (SSSR count). The van der Waals surface area contributed by atoms with Crippen molar-refractivity contribution >= 4 is 34.0 Å². The summed E-state index contributed by atoms with van der Waals surface area (Å²) in [5.41, 5.74) is 2.48. The van der Waals surface area contributed by atoms with Crippen LogP contribution in [0.25, 0.3) is 16.5 Å². The Morgan fingerprint density at radius 1 is 1.39 bits per heavy atom. The Labute approximate surface area is 139 Å². The fourth-order valence-electron chi connectivity index (χ4n) is 2.87. The molecule has 1 saturated heterocycles. The van der Waals surface area contributed by atoms with Crippen LogP contribution < -0.4 is 5.32 Å². The van der Waals surface area contributed by atoms with E-state index in [2.05, 4.69) is 15.3 Å². The third-order valence-electron chi connectivity index (χ3n) is 4.09. The summed E-state index contributed by atoms with van der Waals surface area (Å²) in [6.07, 6.45) is 5.20. The van der Waals surface area contributed by atoms with Gasteiger partial charge in [-0.3, -0.25) is 0 Å². The van der Waals surface area contributed by atoms with E-state index in [9.17, 15) is 4.79 Å². The highest BCUT2D eigenvalue weighted by Gasteiger charge is 2.21. The lowest BCUT2D eigenvalue weighted by atomic mass is 9.87. The number of hydrogen-bond acceptors (Lipinski definition) is 5. The fraction of sp³-hybridized carbons (Fsp3) is 0.353. The minimum absolute atomic E-state index is 0.289. The average Bonchev–Trinajstić information content (AvgIpc) is 2.59. The molecule has 1 N–H and O–H groups in total. The quantitative estimate of drug-likeness (QED) is 0.532. The Bertz CT molecular complexity index is 755. The van der Waals surface area contributed by atoms with Crippen LogP contribution in [-0.4, -0.2) is 36.1 Å². The number of nitrogens with zero attached hydrogens (tertiary/aromatic N) is 2. The maximum atomic E-state index is 11.8. The molecule has 0 saturated carbocycles. The van der Waals surface area contributed by atoms with Gasteiger partial charge in [-0.15, -0.1) is 0 Å². The number of carbonyl (C=O) groups is 1. The number of piperidine rings is 1. The molecule has 2 aromatic heterocycles. The zero-order valence-electron chi connectivity index (χ0n) is 12.9. The first-order valence-corrected chi connectivity index (χ1v) is 7.98. The summed E-state index contributed by atoms with van der Waals surface area (Å²) in [6.45, 7) is 1.87. The number of carbonyl (C=O) groups excluding carboxylic acids is 1. The highest BCUT2D eigenvalue weighted by atomic mass is 35.5. The Kier molecular flexibility index (Phi) is 4.88. The number of esters is 1. The third-order valence-corrected chi connectivity index (χ3v) is 4.30. The zero-order chi connectivity index (χ0) is 16.2. The monoisotopic (exact) mass is 331 g/mol. The normalized spacial score (nSPS) is 16.5. The SMILES string of the molecule is COC(=O)/C=C(\c1ccc2cnc(Cl)cc2n1)C1CCNCC1. The second kappa shape index (κ2) is 7.06. The van der Waals surface area contributed by atoms with Crippen molar-refractivity contribution in [3.8, 4) is 0 Å². The Morgan fingerprint density at radius 3 is 2.91 bits per heavy atom. The van der Waals surface area contributed by atoms with Crippen molar-refractivity contribution in [3.63, 3.8) is 0 Å². The van der Waals surface area contributed by atoms with E-state index in [0.29, 0.717) is 5.15 Å². The number of allylic oxidation sites excluding steroid dienone is 1. The summed E-state index contributed by atoms with van der Waals surface area (Å²) in [5.74, 6) is -0.0641. The van der Waals surface area contributed by atoms with Gasteiger partial charge in [0.25, 0.3) is 0 Å². The Hall–Kier alpha value is -1.98. The summed E-state index contributed by atoms with van der Waals surface area (Å²) in [6, 6.07) is 5.61. The van der Waals surface area contributed by atoms with E-state index in [1.807, 2.05) is 12.1 Å². The Morgan fingerprint density at radius 2 is 2.17 bits per heavy atom. The van der Waals surface area contributed by atoms with Gasteiger partial charge in [0.1, 0.15) is 5.15 Å². The first kappa shape index (κ1) is 15.9. The van der Waals surface area contributed by atoms with Crippen molar-refractivity contribution in [2.45, 2.75) is 12.8 Å². The van der Waals surface area contributed by atoms with Crippen LogP contribution in [0.1, 0.15) is 18.5 Å². The summed E-state index contributed by atoms with van der Waals surface area (Å²) >= 11 is 5.96. The second-order valence-electron chi connectivity index (χ2n) is 5.54. The van der Waals surface area contributed by atoms with Gasteiger partial charge in [-0.2, -0.15) is 0 Å². The number of aromatic nitrogens is 2. The van der Waals surface area contributed by atoms with E-state index in [4.69, 9.17) is 16.3 Å². The first-order chi connectivity index (χ1) is 11.2. The molecule has 1 aliphatic rings. The van der Waals surface area contributed by atoms with Gasteiger partial charge in [0.05, 0.1) is 18.3 Å². The molecule has 0 atom stereocenters. The molecule has 0 radical (unpaired) electrons. The van der Waals surface area contributed by atoms with Crippen molar-refractivity contribution < 1.29 is 9.53 Å². The minimum Gasteiger partial charge on any atom is -0.466 e. The molecular weight excluding hydrogens is 314 g/mol. The molecule has 23 heavy (non-hydrogen) atoms. The van der Waals surface area contributed by atoms with E-state index in [-0.39, 0.29) is 11.9 Å². The number of halogens is 1. The maximum Gasteiger partial charge on any atom is 0.330 e. The van der Waals surface area contributed by atoms with E-state index >= 15 is 0 Å². The smallest absolute Gasteiger partial charge is 0.330 e. The van der Waals surface area contributed by atoms with Crippen LogP contribution in [0.2, 0.25) is 5.15 Å². The first-order valence-electron chi connectivity index (χ1n) is 7.60. The maximum absolute atomic E-state index is 11.8. The van der Waals surface area contributed by atoms with Crippen molar-refractivity contribution in [1.29, 1.82) is 0 Å². The van der Waals surface area contributed by atoms with Crippen molar-refractivity contribution in [1.82, 2.24) is 15.3 Å². The van der Waals surface area contributed by atoms with Crippen LogP contribution in [0.3, 0.4) is 0 Å². The van der Waals surface area contributed by atoms with Crippen LogP contribution in [0.4, 0.5) is 0 Å². The number of fused-ring (bicyclic) bond motifs is 1. The lowest BCUT2D eigenvalue weighted by molar-refractivity contribution is -0.134. The van der Waals surface area contributed by atoms with Gasteiger partial charge in [-0.25, -0.2) is 14.8 Å². The average molecular weight is 332 g/mol. The van der Waals surface area contributed by atoms with Crippen LogP contribution in [0.5, 0.6) is 0 Å². The van der Waals surface area contributed by atoms with Crippen molar-refractivity contribution in [2.24, 2.45) is 5.92 Å². The number of ether oxygens (including phenoxy) is 1. The van der Waals surface area contributed by atoms with E-state index in [0.717, 1.165) is 48.1 Å². The van der Waals surface area contributed by atoms with E-state index in [1.54, 1.807) is 18.3 Å². The van der Waals surface area contributed by atoms with Gasteiger partial charge in [-0.05, 0) is 49.6 Å². The Balaban J connectivity index is 2.04. The zero-order valence-corrected chi connectivity index (χ0v) is 13.6. The molecule has 120 valence electrons. The van der Waals surface area contributed by atoms with Gasteiger partial charge in [0, 0.05) is 23.7 Å². The summed E-state index contributed by atoms with van der Waals surface area (Å²) in [4.78, 5) is 20.5. The minimum atomic E-state index is -0.354. The molecule has 3 heterocycles. The number of hydrogen-bond donors (Lipinski definition) is 1. The second-order valence-corrected chi connectivity index (χ2v) is 5.93. The molecule has 0 amide bonds. The highest BCUT2D eigenvalue weighted by Crippen LogP contribution is 2.30. The molecule has 0 bridgehead atoms. The molecular formula is C17H18ClN3O2. The van der Waals surface area contributed by atoms with Crippen LogP contribution in [0.15, 0.2) is 30.5 Å². The standard InChI is InChI=1S/C17H18ClN3O2/c1-23-17(22)8-13(11-4-6-19-7-5-11)14-3-2-12-10-20-16(18)9-15(12)21-14/h2-3,8-11,19H,4-7H2,1H3/b13-8-. The molecule has 0 spiro atoms. The molecule has 6 heteroatoms. The van der Waals surface area contributed by atoms with Crippen LogP contribution >= 0.6 is 11.6 Å². The summed E-state index contributed by atoms with van der Waals surface area (Å²) in [5, 5.41) is 4.66.